The minimum Gasteiger partial charge on any atom is -0.342 e. The monoisotopic (exact) mass is 308 g/mol. The second-order valence-electron chi connectivity index (χ2n) is 5.88. The van der Waals surface area contributed by atoms with E-state index in [-0.39, 0.29) is 23.8 Å². The van der Waals surface area contributed by atoms with Gasteiger partial charge in [-0.3, -0.25) is 9.59 Å². The summed E-state index contributed by atoms with van der Waals surface area (Å²) < 4.78 is 0. The van der Waals surface area contributed by atoms with Crippen molar-refractivity contribution in [3.05, 3.63) is 34.9 Å². The molecule has 3 atom stereocenters. The van der Waals surface area contributed by atoms with Crippen LogP contribution in [-0.2, 0) is 9.59 Å². The van der Waals surface area contributed by atoms with Gasteiger partial charge in [0.15, 0.2) is 0 Å². The molecule has 4 nitrogen and oxygen atoms in total. The SMILES string of the molecule is CC(C)C1NC(=O)C(C)N(C(C)c2cccc(Cl)c2)C1=O. The van der Waals surface area contributed by atoms with Crippen LogP contribution >= 0.6 is 11.6 Å². The molecule has 3 unspecified atom stereocenters. The minimum absolute atomic E-state index is 0.0374. The predicted molar refractivity (Wildman–Crippen MR) is 82.9 cm³/mol. The quantitative estimate of drug-likeness (QED) is 0.933. The lowest BCUT2D eigenvalue weighted by molar-refractivity contribution is -0.152. The lowest BCUT2D eigenvalue weighted by atomic mass is 9.95. The maximum atomic E-state index is 12.7. The summed E-state index contributed by atoms with van der Waals surface area (Å²) in [6.45, 7) is 7.54. The van der Waals surface area contributed by atoms with Gasteiger partial charge in [-0.1, -0.05) is 37.6 Å². The van der Waals surface area contributed by atoms with Crippen LogP contribution in [0, 0.1) is 5.92 Å². The second kappa shape index (κ2) is 6.06. The zero-order chi connectivity index (χ0) is 15.7. The molecule has 0 aliphatic carbocycles. The number of hydrogen-bond acceptors (Lipinski definition) is 2. The summed E-state index contributed by atoms with van der Waals surface area (Å²) in [5.74, 6) is -0.0882. The summed E-state index contributed by atoms with van der Waals surface area (Å²) >= 11 is 6.03. The van der Waals surface area contributed by atoms with E-state index < -0.39 is 12.1 Å². The Bertz CT molecular complexity index is 559. The largest absolute Gasteiger partial charge is 0.342 e. The fraction of sp³-hybridized carbons (Fsp3) is 0.500. The van der Waals surface area contributed by atoms with E-state index in [1.165, 1.54) is 0 Å². The third kappa shape index (κ3) is 3.05. The van der Waals surface area contributed by atoms with Crippen LogP contribution < -0.4 is 5.32 Å². The van der Waals surface area contributed by atoms with Crippen LogP contribution in [0.4, 0.5) is 0 Å². The predicted octanol–water partition coefficient (Wildman–Crippen LogP) is 2.77. The van der Waals surface area contributed by atoms with Crippen molar-refractivity contribution in [2.75, 3.05) is 0 Å². The Kier molecular flexibility index (Phi) is 4.57. The molecule has 1 N–H and O–H groups in total. The first-order chi connectivity index (χ1) is 9.82. The molecule has 0 aromatic heterocycles. The Morgan fingerprint density at radius 2 is 1.90 bits per heavy atom. The zero-order valence-corrected chi connectivity index (χ0v) is 13.5. The molecular formula is C16H21ClN2O2. The van der Waals surface area contributed by atoms with Crippen LogP contribution in [0.3, 0.4) is 0 Å². The molecule has 0 spiro atoms. The van der Waals surface area contributed by atoms with Gasteiger partial charge in [0.05, 0.1) is 6.04 Å². The van der Waals surface area contributed by atoms with E-state index in [2.05, 4.69) is 5.32 Å². The number of nitrogens with zero attached hydrogens (tertiary/aromatic N) is 1. The van der Waals surface area contributed by atoms with Crippen LogP contribution in [0.5, 0.6) is 0 Å². The highest BCUT2D eigenvalue weighted by Crippen LogP contribution is 2.28. The standard InChI is InChI=1S/C16H21ClN2O2/c1-9(2)14-16(21)19(11(4)15(20)18-14)10(3)12-6-5-7-13(17)8-12/h5-11,14H,1-4H3,(H,18,20). The zero-order valence-electron chi connectivity index (χ0n) is 12.8. The molecule has 0 bridgehead atoms. The minimum atomic E-state index is -0.485. The van der Waals surface area contributed by atoms with Crippen molar-refractivity contribution in [2.24, 2.45) is 5.92 Å². The topological polar surface area (TPSA) is 49.4 Å². The van der Waals surface area contributed by atoms with E-state index in [4.69, 9.17) is 11.6 Å². The molecule has 1 aromatic carbocycles. The number of benzene rings is 1. The van der Waals surface area contributed by atoms with Gasteiger partial charge in [-0.25, -0.2) is 0 Å². The molecule has 2 rings (SSSR count). The first-order valence-electron chi connectivity index (χ1n) is 7.21. The molecule has 1 aromatic rings. The van der Waals surface area contributed by atoms with Crippen LogP contribution in [0.25, 0.3) is 0 Å². The van der Waals surface area contributed by atoms with Crippen LogP contribution in [0.1, 0.15) is 39.3 Å². The van der Waals surface area contributed by atoms with Gasteiger partial charge in [-0.15, -0.1) is 0 Å². The Morgan fingerprint density at radius 1 is 1.24 bits per heavy atom. The number of piperazine rings is 1. The van der Waals surface area contributed by atoms with E-state index in [0.717, 1.165) is 5.56 Å². The van der Waals surface area contributed by atoms with Crippen molar-refractivity contribution in [1.29, 1.82) is 0 Å². The summed E-state index contributed by atoms with van der Waals surface area (Å²) in [5, 5.41) is 3.43. The van der Waals surface area contributed by atoms with Crippen molar-refractivity contribution in [1.82, 2.24) is 10.2 Å². The van der Waals surface area contributed by atoms with Gasteiger partial charge in [0.1, 0.15) is 12.1 Å². The molecule has 0 saturated carbocycles. The van der Waals surface area contributed by atoms with Crippen molar-refractivity contribution >= 4 is 23.4 Å². The molecule has 1 saturated heterocycles. The number of hydrogen-bond donors (Lipinski definition) is 1. The molecule has 1 aliphatic heterocycles. The maximum Gasteiger partial charge on any atom is 0.246 e. The highest BCUT2D eigenvalue weighted by molar-refractivity contribution is 6.30. The molecule has 0 radical (unpaired) electrons. The van der Waals surface area contributed by atoms with Crippen LogP contribution in [-0.4, -0.2) is 28.8 Å². The van der Waals surface area contributed by atoms with Gasteiger partial charge < -0.3 is 10.2 Å². The van der Waals surface area contributed by atoms with Gasteiger partial charge >= 0.3 is 0 Å². The van der Waals surface area contributed by atoms with E-state index >= 15 is 0 Å². The van der Waals surface area contributed by atoms with E-state index in [0.29, 0.717) is 5.02 Å². The van der Waals surface area contributed by atoms with E-state index in [1.54, 1.807) is 17.9 Å². The van der Waals surface area contributed by atoms with Crippen LogP contribution in [0.15, 0.2) is 24.3 Å². The molecule has 1 aliphatic rings. The summed E-state index contributed by atoms with van der Waals surface area (Å²) in [5.41, 5.74) is 0.930. The smallest absolute Gasteiger partial charge is 0.246 e. The van der Waals surface area contributed by atoms with Gasteiger partial charge in [-0.05, 0) is 37.5 Å². The van der Waals surface area contributed by atoms with E-state index in [1.807, 2.05) is 39.0 Å². The molecule has 1 fully saturated rings. The molecule has 2 amide bonds. The Hall–Kier alpha value is -1.55. The van der Waals surface area contributed by atoms with Gasteiger partial charge in [0, 0.05) is 5.02 Å². The molecule has 1 heterocycles. The Morgan fingerprint density at radius 3 is 2.48 bits per heavy atom. The molecule has 21 heavy (non-hydrogen) atoms. The van der Waals surface area contributed by atoms with Crippen molar-refractivity contribution < 1.29 is 9.59 Å². The number of carbonyl (C=O) groups excluding carboxylic acids is 2. The highest BCUT2D eigenvalue weighted by Gasteiger charge is 2.41. The van der Waals surface area contributed by atoms with E-state index in [9.17, 15) is 9.59 Å². The Balaban J connectivity index is 2.34. The second-order valence-corrected chi connectivity index (χ2v) is 6.32. The molecular weight excluding hydrogens is 288 g/mol. The molecule has 5 heteroatoms. The number of rotatable bonds is 3. The first kappa shape index (κ1) is 15.8. The van der Waals surface area contributed by atoms with Crippen LogP contribution in [0.2, 0.25) is 5.02 Å². The molecule has 114 valence electrons. The third-order valence-corrected chi connectivity index (χ3v) is 4.27. The summed E-state index contributed by atoms with van der Waals surface area (Å²) in [7, 11) is 0. The average molecular weight is 309 g/mol. The maximum absolute atomic E-state index is 12.7. The van der Waals surface area contributed by atoms with Gasteiger partial charge in [-0.2, -0.15) is 0 Å². The van der Waals surface area contributed by atoms with Crippen molar-refractivity contribution in [3.63, 3.8) is 0 Å². The van der Waals surface area contributed by atoms with Gasteiger partial charge in [0.25, 0.3) is 0 Å². The average Bonchev–Trinajstić information content (AvgIpc) is 2.42. The summed E-state index contributed by atoms with van der Waals surface area (Å²) in [6.07, 6.45) is 0. The van der Waals surface area contributed by atoms with Crippen molar-refractivity contribution in [2.45, 2.75) is 45.8 Å². The van der Waals surface area contributed by atoms with Crippen molar-refractivity contribution in [3.8, 4) is 0 Å². The first-order valence-corrected chi connectivity index (χ1v) is 7.58. The number of carbonyl (C=O) groups is 2. The fourth-order valence-corrected chi connectivity index (χ4v) is 2.92. The fourth-order valence-electron chi connectivity index (χ4n) is 2.72. The number of nitrogens with one attached hydrogen (secondary N) is 1. The lowest BCUT2D eigenvalue weighted by Crippen LogP contribution is -2.64. The highest BCUT2D eigenvalue weighted by atomic mass is 35.5. The lowest BCUT2D eigenvalue weighted by Gasteiger charge is -2.42. The normalized spacial score (nSPS) is 24.2. The summed E-state index contributed by atoms with van der Waals surface area (Å²) in [6, 6.07) is 6.27. The third-order valence-electron chi connectivity index (χ3n) is 4.03. The number of halogens is 1. The number of amides is 2. The van der Waals surface area contributed by atoms with Gasteiger partial charge in [0.2, 0.25) is 11.8 Å². The summed E-state index contributed by atoms with van der Waals surface area (Å²) in [4.78, 5) is 26.5. The Labute approximate surface area is 130 Å².